The Morgan fingerprint density at radius 3 is 1.49 bits per heavy atom. The second kappa shape index (κ2) is 19.7. The van der Waals surface area contributed by atoms with Crippen LogP contribution in [0.3, 0.4) is 0 Å². The fourth-order valence-electron chi connectivity index (χ4n) is 6.67. The minimum Gasteiger partial charge on any atom is -0.464 e. The van der Waals surface area contributed by atoms with Gasteiger partial charge in [-0.3, -0.25) is 34.7 Å². The number of hydrogen-bond donors (Lipinski definition) is 1. The molecule has 6 aromatic heterocycles. The van der Waals surface area contributed by atoms with Crippen LogP contribution >= 0.6 is 0 Å². The number of aromatic nitrogens is 6. The van der Waals surface area contributed by atoms with Crippen molar-refractivity contribution < 1.29 is 14.3 Å². The number of ether oxygens (including phenoxy) is 1. The maximum absolute atomic E-state index is 14.0. The van der Waals surface area contributed by atoms with Gasteiger partial charge in [-0.15, -0.1) is 0 Å². The van der Waals surface area contributed by atoms with Gasteiger partial charge in [-0.05, 0) is 116 Å². The number of carbonyl (C=O) groups is 2. The third-order valence-electron chi connectivity index (χ3n) is 9.52. The van der Waals surface area contributed by atoms with Crippen LogP contribution in [0, 0.1) is 6.92 Å². The first-order valence-electron chi connectivity index (χ1n) is 19.5. The second-order valence-electron chi connectivity index (χ2n) is 14.0. The maximum Gasteiger partial charge on any atom is 0.328 e. The van der Waals surface area contributed by atoms with Crippen LogP contribution in [0.4, 0.5) is 11.4 Å². The van der Waals surface area contributed by atoms with Gasteiger partial charge in [-0.2, -0.15) is 0 Å². The van der Waals surface area contributed by atoms with Crippen LogP contribution in [0.2, 0.25) is 0 Å². The molecule has 0 aliphatic heterocycles. The molecule has 12 nitrogen and oxygen atoms in total. The maximum atomic E-state index is 14.0. The highest BCUT2D eigenvalue weighted by Gasteiger charge is 2.26. The lowest BCUT2D eigenvalue weighted by molar-refractivity contribution is -0.145. The zero-order valence-electron chi connectivity index (χ0n) is 33.1. The van der Waals surface area contributed by atoms with E-state index in [-0.39, 0.29) is 13.0 Å². The molecule has 0 bridgehead atoms. The number of aryl methyl sites for hydroxylation is 1. The minimum atomic E-state index is -1.01. The Morgan fingerprint density at radius 1 is 0.576 bits per heavy atom. The molecular formula is C47H45N9O3. The number of amides is 1. The van der Waals surface area contributed by atoms with Gasteiger partial charge in [0.1, 0.15) is 6.04 Å². The van der Waals surface area contributed by atoms with E-state index in [9.17, 15) is 9.59 Å². The molecule has 7 aromatic rings. The van der Waals surface area contributed by atoms with Crippen molar-refractivity contribution in [2.45, 2.75) is 52.5 Å². The molecule has 59 heavy (non-hydrogen) atoms. The summed E-state index contributed by atoms with van der Waals surface area (Å²) in [6.07, 6.45) is 10.6. The second-order valence-corrected chi connectivity index (χ2v) is 14.0. The average Bonchev–Trinajstić information content (AvgIpc) is 3.27. The molecule has 1 amide bonds. The van der Waals surface area contributed by atoms with Gasteiger partial charge in [0, 0.05) is 60.5 Å². The Bertz CT molecular complexity index is 2250. The highest BCUT2D eigenvalue weighted by Crippen LogP contribution is 2.30. The fourth-order valence-corrected chi connectivity index (χ4v) is 6.67. The molecule has 1 aromatic carbocycles. The highest BCUT2D eigenvalue weighted by atomic mass is 16.5. The van der Waals surface area contributed by atoms with Gasteiger partial charge in [0.25, 0.3) is 5.91 Å². The molecule has 6 heterocycles. The monoisotopic (exact) mass is 783 g/mol. The zero-order chi connectivity index (χ0) is 40.8. The van der Waals surface area contributed by atoms with Gasteiger partial charge in [-0.1, -0.05) is 24.3 Å². The summed E-state index contributed by atoms with van der Waals surface area (Å²) in [6.45, 7) is 5.81. The van der Waals surface area contributed by atoms with E-state index in [1.165, 1.54) is 0 Å². The number of anilines is 2. The molecule has 0 radical (unpaired) electrons. The van der Waals surface area contributed by atoms with Crippen molar-refractivity contribution in [1.29, 1.82) is 0 Å². The summed E-state index contributed by atoms with van der Waals surface area (Å²) in [5.41, 5.74) is 8.62. The highest BCUT2D eigenvalue weighted by molar-refractivity contribution is 5.97. The van der Waals surface area contributed by atoms with Crippen LogP contribution in [0.5, 0.6) is 0 Å². The summed E-state index contributed by atoms with van der Waals surface area (Å²) >= 11 is 0. The summed E-state index contributed by atoms with van der Waals surface area (Å²) in [4.78, 5) is 59.6. The summed E-state index contributed by atoms with van der Waals surface area (Å²) in [7, 11) is 0. The molecule has 1 atom stereocenters. The lowest BCUT2D eigenvalue weighted by atomic mass is 10.0. The van der Waals surface area contributed by atoms with Crippen molar-refractivity contribution in [3.63, 3.8) is 0 Å². The van der Waals surface area contributed by atoms with Crippen LogP contribution in [-0.4, -0.2) is 54.4 Å². The van der Waals surface area contributed by atoms with E-state index in [0.29, 0.717) is 43.1 Å². The van der Waals surface area contributed by atoms with Crippen molar-refractivity contribution in [3.05, 3.63) is 192 Å². The van der Waals surface area contributed by atoms with Crippen LogP contribution in [0.1, 0.15) is 51.2 Å². The molecule has 0 fully saturated rings. The van der Waals surface area contributed by atoms with Crippen molar-refractivity contribution in [3.8, 4) is 11.4 Å². The van der Waals surface area contributed by atoms with Crippen LogP contribution < -0.4 is 15.1 Å². The van der Waals surface area contributed by atoms with Gasteiger partial charge in [0.15, 0.2) is 0 Å². The normalized spacial score (nSPS) is 11.4. The van der Waals surface area contributed by atoms with Crippen LogP contribution in [0.15, 0.2) is 152 Å². The number of rotatable bonds is 17. The quantitative estimate of drug-likeness (QED) is 0.0928. The third-order valence-corrected chi connectivity index (χ3v) is 9.52. The van der Waals surface area contributed by atoms with Crippen molar-refractivity contribution in [2.24, 2.45) is 0 Å². The molecule has 296 valence electrons. The van der Waals surface area contributed by atoms with Gasteiger partial charge >= 0.3 is 5.97 Å². The van der Waals surface area contributed by atoms with E-state index in [1.807, 2.05) is 91.9 Å². The van der Waals surface area contributed by atoms with E-state index in [4.69, 9.17) is 4.74 Å². The van der Waals surface area contributed by atoms with Gasteiger partial charge in [0.2, 0.25) is 0 Å². The first-order chi connectivity index (χ1) is 28.9. The topological polar surface area (TPSA) is 139 Å². The standard InChI is InChI=1S/C47H45N9O3/c1-3-59-47(58)45(54-46(57)36-17-23-53-44(28-36)43-24-34(2)16-22-52-43)27-35-25-41(55(30-37-12-4-8-18-48-37)31-38-13-5-9-19-49-38)29-42(26-35)56(32-39-14-6-10-20-50-39)33-40-15-7-11-21-51-40/h4-26,28-29,45H,3,27,30-33H2,1-2H3,(H,54,57). The molecule has 1 unspecified atom stereocenters. The molecule has 0 saturated carbocycles. The van der Waals surface area contributed by atoms with E-state index in [0.717, 1.165) is 45.3 Å². The number of carbonyl (C=O) groups excluding carboxylic acids is 2. The number of esters is 1. The van der Waals surface area contributed by atoms with Gasteiger partial charge in [0.05, 0.1) is 66.9 Å². The summed E-state index contributed by atoms with van der Waals surface area (Å²) in [5.74, 6) is -0.977. The molecule has 0 aliphatic carbocycles. The molecule has 0 saturated heterocycles. The molecule has 0 aliphatic rings. The van der Waals surface area contributed by atoms with Crippen molar-refractivity contribution in [1.82, 2.24) is 35.2 Å². The number of nitrogens with zero attached hydrogens (tertiary/aromatic N) is 8. The Labute approximate surface area is 344 Å². The molecule has 1 N–H and O–H groups in total. The number of nitrogens with one attached hydrogen (secondary N) is 1. The summed E-state index contributed by atoms with van der Waals surface area (Å²) < 4.78 is 5.56. The van der Waals surface area contributed by atoms with E-state index < -0.39 is 17.9 Å². The summed E-state index contributed by atoms with van der Waals surface area (Å²) in [5, 5.41) is 2.98. The molecule has 0 spiro atoms. The fraction of sp³-hybridized carbons (Fsp3) is 0.191. The SMILES string of the molecule is CCOC(=O)C(Cc1cc(N(Cc2ccccn2)Cc2ccccn2)cc(N(Cc2ccccn2)Cc2ccccn2)c1)NC(=O)c1ccnc(-c2cc(C)ccn2)c1. The predicted octanol–water partition coefficient (Wildman–Crippen LogP) is 7.35. The average molecular weight is 784 g/mol. The molecular weight excluding hydrogens is 739 g/mol. The summed E-state index contributed by atoms with van der Waals surface area (Å²) in [6, 6.07) is 35.8. The van der Waals surface area contributed by atoms with Crippen LogP contribution in [0.25, 0.3) is 11.4 Å². The Hall–Kier alpha value is -7.34. The van der Waals surface area contributed by atoms with Gasteiger partial charge in [-0.25, -0.2) is 4.79 Å². The predicted molar refractivity (Wildman–Crippen MR) is 227 cm³/mol. The number of pyridine rings is 6. The Morgan fingerprint density at radius 2 is 1.05 bits per heavy atom. The Balaban J connectivity index is 1.29. The van der Waals surface area contributed by atoms with Crippen molar-refractivity contribution >= 4 is 23.3 Å². The largest absolute Gasteiger partial charge is 0.464 e. The van der Waals surface area contributed by atoms with Gasteiger partial charge < -0.3 is 19.9 Å². The van der Waals surface area contributed by atoms with Crippen LogP contribution in [-0.2, 0) is 42.1 Å². The molecule has 7 rings (SSSR count). The Kier molecular flexibility index (Phi) is 13.3. The number of benzene rings is 1. The van der Waals surface area contributed by atoms with E-state index in [2.05, 4.69) is 63.2 Å². The lowest BCUT2D eigenvalue weighted by Gasteiger charge is -2.30. The lowest BCUT2D eigenvalue weighted by Crippen LogP contribution is -2.43. The molecule has 12 heteroatoms. The van der Waals surface area contributed by atoms with Crippen molar-refractivity contribution in [2.75, 3.05) is 16.4 Å². The van der Waals surface area contributed by atoms with E-state index in [1.54, 1.807) is 56.2 Å². The third kappa shape index (κ3) is 11.2. The zero-order valence-corrected chi connectivity index (χ0v) is 33.1. The van der Waals surface area contributed by atoms with E-state index >= 15 is 0 Å². The smallest absolute Gasteiger partial charge is 0.328 e. The first kappa shape index (κ1) is 39.9. The number of hydrogen-bond acceptors (Lipinski definition) is 11. The minimum absolute atomic E-state index is 0.144. The first-order valence-corrected chi connectivity index (χ1v) is 19.5.